The lowest BCUT2D eigenvalue weighted by molar-refractivity contribution is -0.137. The molecule has 1 aromatic heterocycles. The molecule has 21 heavy (non-hydrogen) atoms. The number of piperazine rings is 1. The third kappa shape index (κ3) is 3.65. The third-order valence-electron chi connectivity index (χ3n) is 3.97. The maximum atomic E-state index is 13.0. The van der Waals surface area contributed by atoms with Gasteiger partial charge in [-0.05, 0) is 18.6 Å². The van der Waals surface area contributed by atoms with E-state index >= 15 is 0 Å². The highest BCUT2D eigenvalue weighted by atomic mass is 19.4. The maximum absolute atomic E-state index is 13.0. The zero-order chi connectivity index (χ0) is 15.5. The van der Waals surface area contributed by atoms with Crippen LogP contribution >= 0.6 is 0 Å². The van der Waals surface area contributed by atoms with Crippen molar-refractivity contribution in [2.45, 2.75) is 25.6 Å². The van der Waals surface area contributed by atoms with Crippen molar-refractivity contribution >= 4 is 5.82 Å². The SMILES string of the molecule is CCC(CN)N1CCN(c2ncccc2C(F)(F)F)CC1. The fraction of sp³-hybridized carbons (Fsp3) is 0.643. The van der Waals surface area contributed by atoms with Crippen LogP contribution < -0.4 is 10.6 Å². The van der Waals surface area contributed by atoms with E-state index in [1.165, 1.54) is 12.3 Å². The molecule has 1 aliphatic heterocycles. The number of nitrogens with zero attached hydrogens (tertiary/aromatic N) is 3. The van der Waals surface area contributed by atoms with Gasteiger partial charge in [-0.1, -0.05) is 6.92 Å². The van der Waals surface area contributed by atoms with Gasteiger partial charge in [0, 0.05) is 45.0 Å². The summed E-state index contributed by atoms with van der Waals surface area (Å²) in [6.45, 7) is 5.15. The molecule has 1 aromatic rings. The summed E-state index contributed by atoms with van der Waals surface area (Å²) in [5, 5.41) is 0. The molecule has 2 rings (SSSR count). The van der Waals surface area contributed by atoms with Crippen LogP contribution in [0, 0.1) is 0 Å². The molecule has 1 saturated heterocycles. The maximum Gasteiger partial charge on any atom is 0.419 e. The zero-order valence-electron chi connectivity index (χ0n) is 12.1. The fourth-order valence-electron chi connectivity index (χ4n) is 2.74. The molecular weight excluding hydrogens is 281 g/mol. The molecule has 1 fully saturated rings. The first-order valence-corrected chi connectivity index (χ1v) is 7.18. The van der Waals surface area contributed by atoms with E-state index in [4.69, 9.17) is 5.73 Å². The minimum atomic E-state index is -4.37. The van der Waals surface area contributed by atoms with E-state index in [-0.39, 0.29) is 5.82 Å². The van der Waals surface area contributed by atoms with Gasteiger partial charge >= 0.3 is 6.18 Å². The molecule has 0 aliphatic carbocycles. The molecule has 4 nitrogen and oxygen atoms in total. The largest absolute Gasteiger partial charge is 0.419 e. The van der Waals surface area contributed by atoms with E-state index in [0.29, 0.717) is 38.8 Å². The van der Waals surface area contributed by atoms with Crippen LogP contribution in [0.4, 0.5) is 19.0 Å². The van der Waals surface area contributed by atoms with Crippen molar-refractivity contribution in [1.82, 2.24) is 9.88 Å². The molecule has 0 bridgehead atoms. The summed E-state index contributed by atoms with van der Waals surface area (Å²) in [5.41, 5.74) is 5.06. The van der Waals surface area contributed by atoms with Crippen molar-refractivity contribution in [2.75, 3.05) is 37.6 Å². The van der Waals surface area contributed by atoms with Gasteiger partial charge in [-0.25, -0.2) is 4.98 Å². The van der Waals surface area contributed by atoms with E-state index in [2.05, 4.69) is 16.8 Å². The number of hydrogen-bond donors (Lipinski definition) is 1. The Morgan fingerprint density at radius 1 is 1.29 bits per heavy atom. The first kappa shape index (κ1) is 16.0. The van der Waals surface area contributed by atoms with Gasteiger partial charge in [0.15, 0.2) is 0 Å². The summed E-state index contributed by atoms with van der Waals surface area (Å²) < 4.78 is 39.1. The smallest absolute Gasteiger partial charge is 0.354 e. The van der Waals surface area contributed by atoms with Crippen LogP contribution in [0.5, 0.6) is 0 Å². The summed E-state index contributed by atoms with van der Waals surface area (Å²) in [7, 11) is 0. The lowest BCUT2D eigenvalue weighted by atomic mass is 10.1. The second-order valence-corrected chi connectivity index (χ2v) is 5.19. The quantitative estimate of drug-likeness (QED) is 0.923. The van der Waals surface area contributed by atoms with Crippen LogP contribution in [0.2, 0.25) is 0 Å². The van der Waals surface area contributed by atoms with Crippen molar-refractivity contribution in [1.29, 1.82) is 0 Å². The van der Waals surface area contributed by atoms with E-state index < -0.39 is 11.7 Å². The van der Waals surface area contributed by atoms with Crippen LogP contribution in [0.25, 0.3) is 0 Å². The first-order valence-electron chi connectivity index (χ1n) is 7.18. The Bertz CT molecular complexity index is 452. The molecule has 118 valence electrons. The average Bonchev–Trinajstić information content (AvgIpc) is 2.48. The summed E-state index contributed by atoms with van der Waals surface area (Å²) >= 11 is 0. The minimum absolute atomic E-state index is 0.0328. The Morgan fingerprint density at radius 3 is 2.48 bits per heavy atom. The van der Waals surface area contributed by atoms with Crippen LogP contribution in [0.1, 0.15) is 18.9 Å². The topological polar surface area (TPSA) is 45.4 Å². The second-order valence-electron chi connectivity index (χ2n) is 5.19. The van der Waals surface area contributed by atoms with Crippen molar-refractivity contribution < 1.29 is 13.2 Å². The highest BCUT2D eigenvalue weighted by Gasteiger charge is 2.36. The van der Waals surface area contributed by atoms with Gasteiger partial charge in [0.05, 0.1) is 5.56 Å². The number of nitrogens with two attached hydrogens (primary N) is 1. The number of rotatable bonds is 4. The minimum Gasteiger partial charge on any atom is -0.354 e. The number of alkyl halides is 3. The predicted molar refractivity (Wildman–Crippen MR) is 76.2 cm³/mol. The molecule has 2 heterocycles. The van der Waals surface area contributed by atoms with Gasteiger partial charge in [0.25, 0.3) is 0 Å². The standard InChI is InChI=1S/C14H21F3N4/c1-2-11(10-18)20-6-8-21(9-7-20)13-12(14(15,16)17)4-3-5-19-13/h3-5,11H,2,6-10,18H2,1H3. The summed E-state index contributed by atoms with van der Waals surface area (Å²) in [4.78, 5) is 7.90. The number of anilines is 1. The van der Waals surface area contributed by atoms with Crippen LogP contribution in [-0.2, 0) is 6.18 Å². The monoisotopic (exact) mass is 302 g/mol. The number of aromatic nitrogens is 1. The molecule has 1 atom stereocenters. The van der Waals surface area contributed by atoms with Crippen molar-refractivity contribution in [3.63, 3.8) is 0 Å². The number of hydrogen-bond acceptors (Lipinski definition) is 4. The molecule has 0 amide bonds. The van der Waals surface area contributed by atoms with Gasteiger partial charge in [-0.2, -0.15) is 13.2 Å². The number of halogens is 3. The summed E-state index contributed by atoms with van der Waals surface area (Å²) in [6, 6.07) is 2.71. The van der Waals surface area contributed by atoms with Crippen LogP contribution in [0.3, 0.4) is 0 Å². The molecule has 0 aromatic carbocycles. The molecule has 0 spiro atoms. The highest BCUT2D eigenvalue weighted by Crippen LogP contribution is 2.35. The summed E-state index contributed by atoms with van der Waals surface area (Å²) in [6.07, 6.45) is -2.01. The van der Waals surface area contributed by atoms with E-state index in [1.807, 2.05) is 0 Å². The Labute approximate surface area is 122 Å². The normalized spacial score (nSPS) is 18.8. The van der Waals surface area contributed by atoms with Crippen molar-refractivity contribution in [3.8, 4) is 0 Å². The lowest BCUT2D eigenvalue weighted by Gasteiger charge is -2.39. The van der Waals surface area contributed by atoms with Crippen LogP contribution in [0.15, 0.2) is 18.3 Å². The van der Waals surface area contributed by atoms with E-state index in [0.717, 1.165) is 12.5 Å². The van der Waals surface area contributed by atoms with Gasteiger partial charge in [-0.15, -0.1) is 0 Å². The zero-order valence-corrected chi connectivity index (χ0v) is 12.1. The van der Waals surface area contributed by atoms with Crippen molar-refractivity contribution in [3.05, 3.63) is 23.9 Å². The Kier molecular flexibility index (Phi) is 5.05. The van der Waals surface area contributed by atoms with E-state index in [1.54, 1.807) is 4.90 Å². The van der Waals surface area contributed by atoms with Gasteiger partial charge < -0.3 is 10.6 Å². The fourth-order valence-corrected chi connectivity index (χ4v) is 2.74. The molecule has 1 aliphatic rings. The van der Waals surface area contributed by atoms with Gasteiger partial charge in [0.2, 0.25) is 0 Å². The Morgan fingerprint density at radius 2 is 1.95 bits per heavy atom. The average molecular weight is 302 g/mol. The third-order valence-corrected chi connectivity index (χ3v) is 3.97. The molecule has 0 radical (unpaired) electrons. The van der Waals surface area contributed by atoms with Gasteiger partial charge in [-0.3, -0.25) is 4.90 Å². The Balaban J connectivity index is 2.10. The van der Waals surface area contributed by atoms with Crippen LogP contribution in [-0.4, -0.2) is 48.6 Å². The highest BCUT2D eigenvalue weighted by molar-refractivity contribution is 5.48. The van der Waals surface area contributed by atoms with Crippen molar-refractivity contribution in [2.24, 2.45) is 5.73 Å². The lowest BCUT2D eigenvalue weighted by Crippen LogP contribution is -2.52. The second kappa shape index (κ2) is 6.62. The first-order chi connectivity index (χ1) is 9.97. The molecule has 1 unspecified atom stereocenters. The summed E-state index contributed by atoms with van der Waals surface area (Å²) in [5.74, 6) is 0.0328. The molecule has 7 heteroatoms. The molecule has 2 N–H and O–H groups in total. The molecule has 0 saturated carbocycles. The van der Waals surface area contributed by atoms with E-state index in [9.17, 15) is 13.2 Å². The molecular formula is C14H21F3N4. The Hall–Kier alpha value is -1.34. The number of pyridine rings is 1. The van der Waals surface area contributed by atoms with Gasteiger partial charge in [0.1, 0.15) is 5.82 Å². The predicted octanol–water partition coefficient (Wildman–Crippen LogP) is 1.96.